The van der Waals surface area contributed by atoms with Gasteiger partial charge >= 0.3 is 222 Å². The minimum atomic E-state index is -9.08. The van der Waals surface area contributed by atoms with Crippen LogP contribution in [0.15, 0.2) is 0 Å². The van der Waals surface area contributed by atoms with E-state index in [9.17, 15) is 101 Å². The Kier molecular flexibility index (Phi) is 9.59. The molecule has 0 heterocycles. The topological polar surface area (TPSA) is 54.4 Å². The second kappa shape index (κ2) is 10.5. The molecule has 0 aromatic heterocycles. The Labute approximate surface area is 222 Å². The SMILES string of the molecule is CCC(F)(F)C(F)(F)C(F)(F)C(F)(F)C(F)(F)C(F)(F)C(F)(F)C(F)(F)I(c1c(F)c(F)c(F)c(F)c1F)S(=O)(=O)O. The zero-order valence-corrected chi connectivity index (χ0v) is 21.7. The number of alkyl halides is 17. The van der Waals surface area contributed by atoms with Crippen molar-refractivity contribution in [2.75, 3.05) is 0 Å². The van der Waals surface area contributed by atoms with Gasteiger partial charge in [-0.2, -0.15) is 0 Å². The molecule has 0 radical (unpaired) electrons. The molecule has 1 aromatic rings. The maximum absolute atomic E-state index is 14.6. The summed E-state index contributed by atoms with van der Waals surface area (Å²) in [5.74, 6) is -77.0. The number of hydrogen-bond donors (Lipinski definition) is 1. The quantitative estimate of drug-likeness (QED) is 0.0466. The molecule has 0 saturated heterocycles. The predicted octanol–water partition coefficient (Wildman–Crippen LogP) is 8.31. The summed E-state index contributed by atoms with van der Waals surface area (Å²) >= 11 is -8.33. The Hall–Kier alpha value is -1.61. The van der Waals surface area contributed by atoms with Crippen LogP contribution < -0.4 is 0 Å². The summed E-state index contributed by atoms with van der Waals surface area (Å²) in [7, 11) is -7.61. The molecule has 0 bridgehead atoms. The first kappa shape index (κ1) is 38.4. The van der Waals surface area contributed by atoms with Gasteiger partial charge in [0.1, 0.15) is 0 Å². The van der Waals surface area contributed by atoms with Crippen LogP contribution >= 0.6 is 18.4 Å². The van der Waals surface area contributed by atoms with Crippen LogP contribution in [0.4, 0.5) is 92.2 Å². The van der Waals surface area contributed by atoms with Crippen LogP contribution in [0.1, 0.15) is 13.3 Å². The third-order valence-corrected chi connectivity index (χ3v) is 14.9. The van der Waals surface area contributed by atoms with Gasteiger partial charge in [-0.1, -0.05) is 0 Å². The first-order chi connectivity index (χ1) is 18.1. The molecule has 0 aliphatic rings. The summed E-state index contributed by atoms with van der Waals surface area (Å²) < 4.78 is 309. The van der Waals surface area contributed by atoms with Crippen LogP contribution in [0.3, 0.4) is 0 Å². The van der Waals surface area contributed by atoms with E-state index in [2.05, 4.69) is 0 Å². The van der Waals surface area contributed by atoms with E-state index in [1.54, 1.807) is 0 Å². The third-order valence-electron chi connectivity index (χ3n) is 4.97. The first-order valence-electron chi connectivity index (χ1n) is 9.33. The van der Waals surface area contributed by atoms with Crippen molar-refractivity contribution < 1.29 is 105 Å². The predicted molar refractivity (Wildman–Crippen MR) is 100 cm³/mol. The Morgan fingerprint density at radius 1 is 0.524 bits per heavy atom. The fourth-order valence-corrected chi connectivity index (χ4v) is 11.3. The van der Waals surface area contributed by atoms with E-state index in [4.69, 9.17) is 4.55 Å². The Balaban J connectivity index is 4.13. The maximum atomic E-state index is 14.6. The molecule has 0 amide bonds. The van der Waals surface area contributed by atoms with Crippen LogP contribution in [0.25, 0.3) is 0 Å². The molecule has 26 heteroatoms. The molecule has 3 nitrogen and oxygen atoms in total. The Morgan fingerprint density at radius 3 is 1.07 bits per heavy atom. The van der Waals surface area contributed by atoms with Gasteiger partial charge in [-0.3, -0.25) is 0 Å². The van der Waals surface area contributed by atoms with Crippen molar-refractivity contribution >= 4 is 25.7 Å². The molecule has 0 atom stereocenters. The monoisotopic (exact) mass is 804 g/mol. The van der Waals surface area contributed by atoms with Crippen molar-refractivity contribution in [3.63, 3.8) is 0 Å². The molecule has 0 aliphatic heterocycles. The fraction of sp³-hybridized carbons (Fsp3) is 0.625. The standard InChI is InChI=1S/C16H6F21IO3S/c1-2-9(22,23)10(24,25)11(26,27)12(28,29)13(30,31)14(32,33)15(34,35)16(36,37)38(42(39,40)41)8-6(20)4(18)3(17)5(19)7(8)21/h2H2,1H3,(H,39,40,41). The summed E-state index contributed by atoms with van der Waals surface area (Å²) in [6.07, 6.45) is -2.66. The molecule has 1 N–H and O–H groups in total. The van der Waals surface area contributed by atoms with E-state index >= 15 is 0 Å². The molecular weight excluding hydrogens is 798 g/mol. The summed E-state index contributed by atoms with van der Waals surface area (Å²) in [5, 5.41) is 0. The molecule has 0 unspecified atom stereocenters. The molecule has 0 saturated carbocycles. The zero-order chi connectivity index (χ0) is 34.2. The second-order valence-corrected chi connectivity index (χ2v) is 17.6. The fourth-order valence-electron chi connectivity index (χ4n) is 2.59. The molecule has 0 fully saturated rings. The number of hydrogen-bond acceptors (Lipinski definition) is 2. The average Bonchev–Trinajstić information content (AvgIpc) is 2.82. The van der Waals surface area contributed by atoms with Crippen molar-refractivity contribution in [1.82, 2.24) is 0 Å². The van der Waals surface area contributed by atoms with E-state index < -0.39 is 110 Å². The summed E-state index contributed by atoms with van der Waals surface area (Å²) in [5.41, 5.74) is 0. The second-order valence-electron chi connectivity index (χ2n) is 7.55. The molecule has 1 aromatic carbocycles. The van der Waals surface area contributed by atoms with E-state index in [0.29, 0.717) is 0 Å². The van der Waals surface area contributed by atoms with E-state index in [1.807, 2.05) is 0 Å². The summed E-state index contributed by atoms with van der Waals surface area (Å²) in [6, 6.07) is 0. The number of rotatable bonds is 11. The molecule has 248 valence electrons. The van der Waals surface area contributed by atoms with Gasteiger partial charge in [0.2, 0.25) is 0 Å². The molecule has 0 aliphatic carbocycles. The molecule has 42 heavy (non-hydrogen) atoms. The third kappa shape index (κ3) is 4.93. The summed E-state index contributed by atoms with van der Waals surface area (Å²) in [4.78, 5) is 0. The zero-order valence-electron chi connectivity index (χ0n) is 18.7. The normalized spacial score (nSPS) is 15.7. The van der Waals surface area contributed by atoms with Gasteiger partial charge in [0.25, 0.3) is 0 Å². The number of benzene rings is 1. The molecule has 1 rings (SSSR count). The summed E-state index contributed by atoms with van der Waals surface area (Å²) in [6.45, 7) is -0.205. The van der Waals surface area contributed by atoms with Crippen molar-refractivity contribution in [3.05, 3.63) is 32.7 Å². The van der Waals surface area contributed by atoms with Crippen LogP contribution in [0.5, 0.6) is 0 Å². The van der Waals surface area contributed by atoms with Gasteiger partial charge in [-0.05, 0) is 0 Å². The van der Waals surface area contributed by atoms with Gasteiger partial charge < -0.3 is 0 Å². The van der Waals surface area contributed by atoms with Crippen molar-refractivity contribution in [2.45, 2.75) is 58.7 Å². The van der Waals surface area contributed by atoms with Gasteiger partial charge in [0.05, 0.1) is 0 Å². The Morgan fingerprint density at radius 2 is 0.786 bits per heavy atom. The van der Waals surface area contributed by atoms with Crippen LogP contribution in [0, 0.1) is 32.7 Å². The molecule has 0 spiro atoms. The Bertz CT molecular complexity index is 1300. The van der Waals surface area contributed by atoms with Crippen molar-refractivity contribution in [3.8, 4) is 0 Å². The van der Waals surface area contributed by atoms with E-state index in [1.165, 1.54) is 0 Å². The van der Waals surface area contributed by atoms with E-state index in [-0.39, 0.29) is 6.92 Å². The minimum absolute atomic E-state index is 0.205. The number of halogens is 22. The van der Waals surface area contributed by atoms with E-state index in [0.717, 1.165) is 0 Å². The molecular formula is C16H6F21IO3S. The van der Waals surface area contributed by atoms with Crippen molar-refractivity contribution in [1.29, 1.82) is 0 Å². The van der Waals surface area contributed by atoms with Gasteiger partial charge in [-0.15, -0.1) is 0 Å². The van der Waals surface area contributed by atoms with Crippen LogP contribution in [-0.2, 0) is 7.29 Å². The average molecular weight is 804 g/mol. The van der Waals surface area contributed by atoms with Crippen LogP contribution in [-0.4, -0.2) is 58.4 Å². The van der Waals surface area contributed by atoms with Gasteiger partial charge in [-0.25, -0.2) is 0 Å². The van der Waals surface area contributed by atoms with Crippen LogP contribution in [0.2, 0.25) is 0 Å². The van der Waals surface area contributed by atoms with Crippen molar-refractivity contribution in [2.24, 2.45) is 0 Å². The first-order valence-corrected chi connectivity index (χ1v) is 15.5. The van der Waals surface area contributed by atoms with Gasteiger partial charge in [0.15, 0.2) is 0 Å². The van der Waals surface area contributed by atoms with Gasteiger partial charge in [0, 0.05) is 0 Å².